The standard InChI is InChI=1S/C15H18N4O2.ClH/c1-10-17-14(21-18-10)12-3-2-8-19(9-12)15(20)11-4-6-13(16)7-5-11;/h4-7,12H,2-3,8-9,16H2,1H3;1H. The average Bonchev–Trinajstić information content (AvgIpc) is 2.94. The Hall–Kier alpha value is -2.08. The highest BCUT2D eigenvalue weighted by Gasteiger charge is 2.28. The van der Waals surface area contributed by atoms with Crippen LogP contribution in [0, 0.1) is 6.92 Å². The molecule has 1 fully saturated rings. The van der Waals surface area contributed by atoms with Crippen molar-refractivity contribution in [3.63, 3.8) is 0 Å². The quantitative estimate of drug-likeness (QED) is 0.858. The highest BCUT2D eigenvalue weighted by molar-refractivity contribution is 5.94. The van der Waals surface area contributed by atoms with E-state index in [1.807, 2.05) is 4.90 Å². The van der Waals surface area contributed by atoms with Crippen LogP contribution in [0.25, 0.3) is 0 Å². The summed E-state index contributed by atoms with van der Waals surface area (Å²) in [5, 5.41) is 3.83. The molecule has 0 saturated carbocycles. The number of halogens is 1. The van der Waals surface area contributed by atoms with E-state index in [-0.39, 0.29) is 24.2 Å². The van der Waals surface area contributed by atoms with Crippen LogP contribution in [0.1, 0.15) is 40.8 Å². The molecule has 2 N–H and O–H groups in total. The van der Waals surface area contributed by atoms with Crippen molar-refractivity contribution in [3.05, 3.63) is 41.5 Å². The molecule has 1 amide bonds. The van der Waals surface area contributed by atoms with Gasteiger partial charge < -0.3 is 15.2 Å². The summed E-state index contributed by atoms with van der Waals surface area (Å²) in [6, 6.07) is 7.02. The van der Waals surface area contributed by atoms with E-state index in [2.05, 4.69) is 10.1 Å². The summed E-state index contributed by atoms with van der Waals surface area (Å²) in [6.07, 6.45) is 1.90. The number of rotatable bonds is 2. The van der Waals surface area contributed by atoms with Gasteiger partial charge in [-0.2, -0.15) is 4.98 Å². The molecule has 0 radical (unpaired) electrons. The Balaban J connectivity index is 0.00000176. The molecule has 22 heavy (non-hydrogen) atoms. The minimum Gasteiger partial charge on any atom is -0.399 e. The third-order valence-corrected chi connectivity index (χ3v) is 3.76. The van der Waals surface area contributed by atoms with Crippen LogP contribution in [0.4, 0.5) is 5.69 Å². The predicted molar refractivity (Wildman–Crippen MR) is 85.0 cm³/mol. The fourth-order valence-electron chi connectivity index (χ4n) is 2.65. The summed E-state index contributed by atoms with van der Waals surface area (Å²) in [5.41, 5.74) is 6.97. The first-order valence-electron chi connectivity index (χ1n) is 7.08. The first-order chi connectivity index (χ1) is 10.1. The van der Waals surface area contributed by atoms with Gasteiger partial charge in [-0.05, 0) is 44.0 Å². The molecule has 1 saturated heterocycles. The lowest BCUT2D eigenvalue weighted by Crippen LogP contribution is -2.39. The van der Waals surface area contributed by atoms with Gasteiger partial charge in [-0.15, -0.1) is 12.4 Å². The summed E-state index contributed by atoms with van der Waals surface area (Å²) >= 11 is 0. The van der Waals surface area contributed by atoms with Gasteiger partial charge in [0.15, 0.2) is 5.82 Å². The molecule has 118 valence electrons. The molecule has 3 rings (SSSR count). The number of nitrogens with two attached hydrogens (primary N) is 1. The molecular formula is C15H19ClN4O2. The Morgan fingerprint density at radius 3 is 2.73 bits per heavy atom. The van der Waals surface area contributed by atoms with E-state index < -0.39 is 0 Å². The Bertz CT molecular complexity index is 641. The molecule has 6 nitrogen and oxygen atoms in total. The summed E-state index contributed by atoms with van der Waals surface area (Å²) in [6.45, 7) is 3.17. The van der Waals surface area contributed by atoms with E-state index in [9.17, 15) is 4.79 Å². The molecule has 7 heteroatoms. The number of anilines is 1. The number of aromatic nitrogens is 2. The zero-order chi connectivity index (χ0) is 14.8. The molecule has 2 aromatic rings. The van der Waals surface area contributed by atoms with E-state index in [1.165, 1.54) is 0 Å². The van der Waals surface area contributed by atoms with Crippen LogP contribution in [-0.2, 0) is 0 Å². The molecule has 2 heterocycles. The molecular weight excluding hydrogens is 304 g/mol. The van der Waals surface area contributed by atoms with Crippen molar-refractivity contribution in [1.82, 2.24) is 15.0 Å². The number of hydrogen-bond acceptors (Lipinski definition) is 5. The van der Waals surface area contributed by atoms with Crippen LogP contribution in [0.3, 0.4) is 0 Å². The zero-order valence-electron chi connectivity index (χ0n) is 12.4. The monoisotopic (exact) mass is 322 g/mol. The smallest absolute Gasteiger partial charge is 0.253 e. The van der Waals surface area contributed by atoms with Gasteiger partial charge >= 0.3 is 0 Å². The number of hydrogen-bond donors (Lipinski definition) is 1. The van der Waals surface area contributed by atoms with E-state index in [0.717, 1.165) is 19.4 Å². The Labute approximate surface area is 135 Å². The second kappa shape index (κ2) is 6.79. The number of carbonyl (C=O) groups is 1. The number of nitrogen functional groups attached to an aromatic ring is 1. The summed E-state index contributed by atoms with van der Waals surface area (Å²) < 4.78 is 5.24. The molecule has 1 aliphatic heterocycles. The maximum atomic E-state index is 12.5. The van der Waals surface area contributed by atoms with Crippen LogP contribution in [0.2, 0.25) is 0 Å². The lowest BCUT2D eigenvalue weighted by atomic mass is 9.97. The summed E-state index contributed by atoms with van der Waals surface area (Å²) in [7, 11) is 0. The van der Waals surface area contributed by atoms with Crippen molar-refractivity contribution in [1.29, 1.82) is 0 Å². The van der Waals surface area contributed by atoms with Crippen molar-refractivity contribution in [2.45, 2.75) is 25.7 Å². The van der Waals surface area contributed by atoms with Crippen molar-refractivity contribution in [2.75, 3.05) is 18.8 Å². The number of aryl methyl sites for hydroxylation is 1. The lowest BCUT2D eigenvalue weighted by molar-refractivity contribution is 0.0695. The van der Waals surface area contributed by atoms with Crippen LogP contribution in [-0.4, -0.2) is 34.0 Å². The number of likely N-dealkylation sites (tertiary alicyclic amines) is 1. The SMILES string of the molecule is Cc1noc(C2CCCN(C(=O)c3ccc(N)cc3)C2)n1.Cl. The molecule has 1 atom stereocenters. The fourth-order valence-corrected chi connectivity index (χ4v) is 2.65. The minimum atomic E-state index is 0. The lowest BCUT2D eigenvalue weighted by Gasteiger charge is -2.31. The molecule has 0 aliphatic carbocycles. The first-order valence-corrected chi connectivity index (χ1v) is 7.08. The first kappa shape index (κ1) is 16.3. The van der Waals surface area contributed by atoms with Crippen LogP contribution in [0.15, 0.2) is 28.8 Å². The molecule has 1 unspecified atom stereocenters. The predicted octanol–water partition coefficient (Wildman–Crippen LogP) is 2.40. The van der Waals surface area contributed by atoms with Crippen molar-refractivity contribution >= 4 is 24.0 Å². The van der Waals surface area contributed by atoms with Crippen LogP contribution in [0.5, 0.6) is 0 Å². The van der Waals surface area contributed by atoms with Gasteiger partial charge in [0.1, 0.15) is 0 Å². The third kappa shape index (κ3) is 3.39. The highest BCUT2D eigenvalue weighted by Crippen LogP contribution is 2.26. The minimum absolute atomic E-state index is 0. The molecule has 0 bridgehead atoms. The van der Waals surface area contributed by atoms with Crippen LogP contribution < -0.4 is 5.73 Å². The Kier molecular flexibility index (Phi) is 5.03. The largest absolute Gasteiger partial charge is 0.399 e. The topological polar surface area (TPSA) is 85.2 Å². The molecule has 1 aromatic heterocycles. The van der Waals surface area contributed by atoms with Gasteiger partial charge in [-0.1, -0.05) is 5.16 Å². The molecule has 0 spiro atoms. The number of carbonyl (C=O) groups excluding carboxylic acids is 1. The van der Waals surface area contributed by atoms with E-state index in [4.69, 9.17) is 10.3 Å². The Morgan fingerprint density at radius 1 is 1.36 bits per heavy atom. The van der Waals surface area contributed by atoms with Crippen molar-refractivity contribution in [3.8, 4) is 0 Å². The zero-order valence-corrected chi connectivity index (χ0v) is 13.2. The van der Waals surface area contributed by atoms with E-state index in [1.54, 1.807) is 31.2 Å². The molecule has 1 aromatic carbocycles. The summed E-state index contributed by atoms with van der Waals surface area (Å²) in [5.74, 6) is 1.41. The van der Waals surface area contributed by atoms with E-state index >= 15 is 0 Å². The Morgan fingerprint density at radius 2 is 2.09 bits per heavy atom. The van der Waals surface area contributed by atoms with Crippen molar-refractivity contribution in [2.24, 2.45) is 0 Å². The van der Waals surface area contributed by atoms with Gasteiger partial charge in [0.25, 0.3) is 5.91 Å². The normalized spacial score (nSPS) is 17.9. The third-order valence-electron chi connectivity index (χ3n) is 3.76. The fraction of sp³-hybridized carbons (Fsp3) is 0.400. The number of piperidine rings is 1. The summed E-state index contributed by atoms with van der Waals surface area (Å²) in [4.78, 5) is 18.6. The maximum Gasteiger partial charge on any atom is 0.253 e. The van der Waals surface area contributed by atoms with Crippen molar-refractivity contribution < 1.29 is 9.32 Å². The van der Waals surface area contributed by atoms with Gasteiger partial charge in [-0.3, -0.25) is 4.79 Å². The maximum absolute atomic E-state index is 12.5. The van der Waals surface area contributed by atoms with Gasteiger partial charge in [0.05, 0.1) is 5.92 Å². The second-order valence-corrected chi connectivity index (χ2v) is 5.39. The number of benzene rings is 1. The second-order valence-electron chi connectivity index (χ2n) is 5.39. The molecule has 1 aliphatic rings. The average molecular weight is 323 g/mol. The highest BCUT2D eigenvalue weighted by atomic mass is 35.5. The van der Waals surface area contributed by atoms with Crippen LogP contribution >= 0.6 is 12.4 Å². The van der Waals surface area contributed by atoms with E-state index in [0.29, 0.717) is 29.5 Å². The van der Waals surface area contributed by atoms with Gasteiger partial charge in [0.2, 0.25) is 5.89 Å². The van der Waals surface area contributed by atoms with Gasteiger partial charge in [-0.25, -0.2) is 0 Å². The number of nitrogens with zero attached hydrogens (tertiary/aromatic N) is 3. The number of amides is 1. The van der Waals surface area contributed by atoms with Gasteiger partial charge in [0, 0.05) is 24.3 Å².